The Kier molecular flexibility index (Phi) is 5.19. The largest absolute Gasteiger partial charge is 0.465 e. The smallest absolute Gasteiger partial charge is 0.339 e. The number of aryl methyl sites for hydroxylation is 2. The maximum Gasteiger partial charge on any atom is 0.339 e. The van der Waals surface area contributed by atoms with Crippen LogP contribution in [-0.2, 0) is 17.7 Å². The number of hydrogen-bond acceptors (Lipinski definition) is 6. The summed E-state index contributed by atoms with van der Waals surface area (Å²) in [4.78, 5) is 43.7. The molecular formula is C21H21N3O4S. The van der Waals surface area contributed by atoms with Crippen LogP contribution in [0.25, 0.3) is 10.2 Å². The number of nitrogens with zero attached hydrogens (tertiary/aromatic N) is 2. The number of ether oxygens (including phenoxy) is 1. The Labute approximate surface area is 171 Å². The highest BCUT2D eigenvalue weighted by Gasteiger charge is 2.23. The van der Waals surface area contributed by atoms with E-state index in [2.05, 4.69) is 5.32 Å². The molecule has 1 N–H and O–H groups in total. The van der Waals surface area contributed by atoms with Gasteiger partial charge in [-0.3, -0.25) is 14.2 Å². The highest BCUT2D eigenvalue weighted by molar-refractivity contribution is 7.20. The van der Waals surface area contributed by atoms with Crippen molar-refractivity contribution in [2.45, 2.75) is 39.2 Å². The number of amides is 1. The number of methoxy groups -OCH3 is 1. The van der Waals surface area contributed by atoms with Crippen LogP contribution in [0.1, 0.15) is 50.7 Å². The number of esters is 1. The Morgan fingerprint density at radius 2 is 2.00 bits per heavy atom. The second-order valence-electron chi connectivity index (χ2n) is 7.02. The van der Waals surface area contributed by atoms with Gasteiger partial charge in [0.15, 0.2) is 0 Å². The lowest BCUT2D eigenvalue weighted by Crippen LogP contribution is -2.24. The summed E-state index contributed by atoms with van der Waals surface area (Å²) in [5, 5.41) is 3.28. The monoisotopic (exact) mass is 411 g/mol. The molecule has 3 aromatic rings. The van der Waals surface area contributed by atoms with E-state index in [0.29, 0.717) is 32.9 Å². The summed E-state index contributed by atoms with van der Waals surface area (Å²) < 4.78 is 6.53. The number of rotatable bonds is 3. The van der Waals surface area contributed by atoms with Crippen LogP contribution < -0.4 is 10.9 Å². The number of nitrogens with one attached hydrogen (secondary N) is 1. The molecule has 0 atom stereocenters. The van der Waals surface area contributed by atoms with Crippen molar-refractivity contribution in [2.24, 2.45) is 0 Å². The molecule has 7 nitrogen and oxygen atoms in total. The molecule has 0 bridgehead atoms. The van der Waals surface area contributed by atoms with Gasteiger partial charge in [-0.1, -0.05) is 18.6 Å². The Morgan fingerprint density at radius 3 is 2.79 bits per heavy atom. The maximum atomic E-state index is 13.1. The van der Waals surface area contributed by atoms with Crippen molar-refractivity contribution in [3.63, 3.8) is 0 Å². The zero-order chi connectivity index (χ0) is 20.5. The molecule has 1 amide bonds. The van der Waals surface area contributed by atoms with E-state index in [9.17, 15) is 14.4 Å². The molecule has 150 valence electrons. The summed E-state index contributed by atoms with van der Waals surface area (Å²) >= 11 is 1.21. The van der Waals surface area contributed by atoms with Gasteiger partial charge in [0.25, 0.3) is 11.5 Å². The van der Waals surface area contributed by atoms with Crippen molar-refractivity contribution >= 4 is 39.1 Å². The third-order valence-electron chi connectivity index (χ3n) is 5.20. The molecule has 1 aliphatic rings. The molecular weight excluding hydrogens is 390 g/mol. The van der Waals surface area contributed by atoms with Gasteiger partial charge in [0.2, 0.25) is 0 Å². The number of thiophene rings is 1. The molecule has 4 rings (SSSR count). The molecule has 0 fully saturated rings. The summed E-state index contributed by atoms with van der Waals surface area (Å²) in [6.07, 6.45) is 3.83. The number of benzene rings is 1. The van der Waals surface area contributed by atoms with E-state index in [1.165, 1.54) is 18.4 Å². The molecule has 3 heterocycles. The zero-order valence-electron chi connectivity index (χ0n) is 16.3. The molecule has 1 aliphatic heterocycles. The molecule has 1 aromatic carbocycles. The molecule has 0 saturated carbocycles. The minimum absolute atomic E-state index is 0.0744. The number of carbonyl (C=O) groups is 2. The van der Waals surface area contributed by atoms with Crippen molar-refractivity contribution in [3.05, 3.63) is 56.4 Å². The van der Waals surface area contributed by atoms with Gasteiger partial charge < -0.3 is 10.1 Å². The van der Waals surface area contributed by atoms with Crippen LogP contribution in [-0.4, -0.2) is 28.5 Å². The number of para-hydroxylation sites is 1. The lowest BCUT2D eigenvalue weighted by molar-refractivity contribution is 0.0602. The van der Waals surface area contributed by atoms with Crippen LogP contribution >= 0.6 is 11.3 Å². The number of aromatic nitrogens is 2. The SMILES string of the molecule is COC(=O)c1ccccc1NC(=O)c1sc2nc3n(c(=O)c2c1C)CCCCC3. The third-order valence-corrected chi connectivity index (χ3v) is 6.38. The molecule has 0 unspecified atom stereocenters. The summed E-state index contributed by atoms with van der Waals surface area (Å²) in [6, 6.07) is 6.65. The minimum atomic E-state index is -0.530. The predicted molar refractivity (Wildman–Crippen MR) is 112 cm³/mol. The average molecular weight is 411 g/mol. The molecule has 0 spiro atoms. The third kappa shape index (κ3) is 3.44. The van der Waals surface area contributed by atoms with E-state index in [4.69, 9.17) is 9.72 Å². The molecule has 8 heteroatoms. The van der Waals surface area contributed by atoms with Gasteiger partial charge in [-0.2, -0.15) is 0 Å². The van der Waals surface area contributed by atoms with Gasteiger partial charge in [-0.05, 0) is 37.5 Å². The molecule has 0 saturated heterocycles. The predicted octanol–water partition coefficient (Wildman–Crippen LogP) is 3.53. The Bertz CT molecular complexity index is 1180. The van der Waals surface area contributed by atoms with Gasteiger partial charge >= 0.3 is 5.97 Å². The first-order valence-corrected chi connectivity index (χ1v) is 10.3. The first-order valence-electron chi connectivity index (χ1n) is 9.52. The second-order valence-corrected chi connectivity index (χ2v) is 8.02. The van der Waals surface area contributed by atoms with Crippen LogP contribution in [0.15, 0.2) is 29.1 Å². The van der Waals surface area contributed by atoms with Crippen LogP contribution in [0.3, 0.4) is 0 Å². The summed E-state index contributed by atoms with van der Waals surface area (Å²) in [5.74, 6) is -0.108. The number of carbonyl (C=O) groups excluding carboxylic acids is 2. The van der Waals surface area contributed by atoms with Crippen LogP contribution in [0.2, 0.25) is 0 Å². The topological polar surface area (TPSA) is 90.3 Å². The number of anilines is 1. The fourth-order valence-electron chi connectivity index (χ4n) is 3.69. The lowest BCUT2D eigenvalue weighted by Gasteiger charge is -2.09. The van der Waals surface area contributed by atoms with E-state index in [0.717, 1.165) is 31.5 Å². The van der Waals surface area contributed by atoms with Crippen LogP contribution in [0.5, 0.6) is 0 Å². The maximum absolute atomic E-state index is 13.1. The standard InChI is InChI=1S/C21H21N3O4S/c1-12-16-19(23-15-10-4-3-7-11-24(15)20(16)26)29-17(12)18(25)22-14-9-6-5-8-13(14)21(27)28-2/h5-6,8-9H,3-4,7,10-11H2,1-2H3,(H,22,25). The zero-order valence-corrected chi connectivity index (χ0v) is 17.1. The van der Waals surface area contributed by atoms with E-state index in [1.54, 1.807) is 35.8 Å². The minimum Gasteiger partial charge on any atom is -0.465 e. The van der Waals surface area contributed by atoms with E-state index in [1.807, 2.05) is 0 Å². The van der Waals surface area contributed by atoms with Crippen molar-refractivity contribution in [2.75, 3.05) is 12.4 Å². The van der Waals surface area contributed by atoms with E-state index >= 15 is 0 Å². The van der Waals surface area contributed by atoms with Crippen LogP contribution in [0.4, 0.5) is 5.69 Å². The van der Waals surface area contributed by atoms with Crippen molar-refractivity contribution in [1.29, 1.82) is 0 Å². The van der Waals surface area contributed by atoms with Gasteiger partial charge in [0.05, 0.1) is 28.6 Å². The number of hydrogen-bond donors (Lipinski definition) is 1. The quantitative estimate of drug-likeness (QED) is 0.666. The summed E-state index contributed by atoms with van der Waals surface area (Å²) in [6.45, 7) is 2.44. The van der Waals surface area contributed by atoms with Gasteiger partial charge in [-0.15, -0.1) is 11.3 Å². The Hall–Kier alpha value is -3.00. The van der Waals surface area contributed by atoms with Crippen molar-refractivity contribution < 1.29 is 14.3 Å². The van der Waals surface area contributed by atoms with Crippen molar-refractivity contribution in [1.82, 2.24) is 9.55 Å². The van der Waals surface area contributed by atoms with Gasteiger partial charge in [0, 0.05) is 13.0 Å². The normalized spacial score (nSPS) is 13.6. The summed E-state index contributed by atoms with van der Waals surface area (Å²) in [5.41, 5.74) is 1.18. The van der Waals surface area contributed by atoms with E-state index in [-0.39, 0.29) is 17.0 Å². The highest BCUT2D eigenvalue weighted by Crippen LogP contribution is 2.29. The fourth-order valence-corrected chi connectivity index (χ4v) is 4.77. The number of fused-ring (bicyclic) bond motifs is 2. The highest BCUT2D eigenvalue weighted by atomic mass is 32.1. The first-order chi connectivity index (χ1) is 14.0. The van der Waals surface area contributed by atoms with Crippen LogP contribution in [0, 0.1) is 6.92 Å². The Balaban J connectivity index is 1.75. The van der Waals surface area contributed by atoms with Crippen molar-refractivity contribution in [3.8, 4) is 0 Å². The average Bonchev–Trinajstić information content (AvgIpc) is 2.89. The van der Waals surface area contributed by atoms with E-state index < -0.39 is 5.97 Å². The Morgan fingerprint density at radius 1 is 1.21 bits per heavy atom. The molecule has 0 aliphatic carbocycles. The van der Waals surface area contributed by atoms with Gasteiger partial charge in [-0.25, -0.2) is 9.78 Å². The molecule has 0 radical (unpaired) electrons. The molecule has 2 aromatic heterocycles. The van der Waals surface area contributed by atoms with Gasteiger partial charge in [0.1, 0.15) is 10.7 Å². The first kappa shape index (κ1) is 19.3. The second kappa shape index (κ2) is 7.79. The lowest BCUT2D eigenvalue weighted by atomic mass is 10.1. The fraction of sp³-hybridized carbons (Fsp3) is 0.333. The molecule has 29 heavy (non-hydrogen) atoms. The summed E-state index contributed by atoms with van der Waals surface area (Å²) in [7, 11) is 1.29.